The van der Waals surface area contributed by atoms with E-state index in [1.54, 1.807) is 32.0 Å². The van der Waals surface area contributed by atoms with Crippen LogP contribution in [0.3, 0.4) is 0 Å². The molecule has 112 valence electrons. The number of rotatable bonds is 5. The van der Waals surface area contributed by atoms with Crippen LogP contribution in [0.5, 0.6) is 0 Å². The van der Waals surface area contributed by atoms with Crippen LogP contribution in [0, 0.1) is 11.2 Å². The summed E-state index contributed by atoms with van der Waals surface area (Å²) in [6, 6.07) is 4.78. The average Bonchev–Trinajstić information content (AvgIpc) is 2.89. The third kappa shape index (κ3) is 2.94. The van der Waals surface area contributed by atoms with Gasteiger partial charge < -0.3 is 5.11 Å². The van der Waals surface area contributed by atoms with E-state index in [1.807, 2.05) is 0 Å². The SMILES string of the molecule is CCC(C)(Cn1nnnc1-c1cccc(Br)c1F)C(=O)O. The topological polar surface area (TPSA) is 80.9 Å². The summed E-state index contributed by atoms with van der Waals surface area (Å²) in [6.07, 6.45) is 0.405. The predicted octanol–water partition coefficient (Wildman–Crippen LogP) is 2.74. The lowest BCUT2D eigenvalue weighted by Crippen LogP contribution is -2.32. The van der Waals surface area contributed by atoms with E-state index in [0.717, 1.165) is 0 Å². The lowest BCUT2D eigenvalue weighted by molar-refractivity contribution is -0.149. The lowest BCUT2D eigenvalue weighted by atomic mass is 9.88. The second kappa shape index (κ2) is 5.88. The molecule has 1 atom stereocenters. The summed E-state index contributed by atoms with van der Waals surface area (Å²) in [5.74, 6) is -1.22. The summed E-state index contributed by atoms with van der Waals surface area (Å²) in [5, 5.41) is 20.5. The molecule has 0 spiro atoms. The minimum atomic E-state index is -1.02. The molecule has 0 aliphatic carbocycles. The van der Waals surface area contributed by atoms with E-state index in [4.69, 9.17) is 0 Å². The molecule has 0 fully saturated rings. The third-order valence-electron chi connectivity index (χ3n) is 3.52. The highest BCUT2D eigenvalue weighted by atomic mass is 79.9. The molecule has 0 aliphatic heterocycles. The van der Waals surface area contributed by atoms with Crippen LogP contribution in [-0.4, -0.2) is 31.3 Å². The summed E-state index contributed by atoms with van der Waals surface area (Å²) in [6.45, 7) is 3.45. The Kier molecular flexibility index (Phi) is 4.36. The van der Waals surface area contributed by atoms with Gasteiger partial charge in [-0.1, -0.05) is 13.0 Å². The zero-order chi connectivity index (χ0) is 15.6. The van der Waals surface area contributed by atoms with Gasteiger partial charge in [0.15, 0.2) is 5.82 Å². The molecular formula is C13H14BrFN4O2. The van der Waals surface area contributed by atoms with Crippen molar-refractivity contribution in [1.82, 2.24) is 20.2 Å². The second-order valence-corrected chi connectivity index (χ2v) is 5.84. The monoisotopic (exact) mass is 356 g/mol. The van der Waals surface area contributed by atoms with Crippen molar-refractivity contribution in [1.29, 1.82) is 0 Å². The van der Waals surface area contributed by atoms with Crippen molar-refractivity contribution in [2.75, 3.05) is 0 Å². The Balaban J connectivity index is 2.44. The van der Waals surface area contributed by atoms with Gasteiger partial charge in [-0.2, -0.15) is 0 Å². The van der Waals surface area contributed by atoms with Crippen molar-refractivity contribution < 1.29 is 14.3 Å². The number of carboxylic acid groups (broad SMARTS) is 1. The number of aromatic nitrogens is 4. The third-order valence-corrected chi connectivity index (χ3v) is 4.13. The molecule has 6 nitrogen and oxygen atoms in total. The van der Waals surface area contributed by atoms with E-state index in [0.29, 0.717) is 10.9 Å². The van der Waals surface area contributed by atoms with Crippen LogP contribution in [-0.2, 0) is 11.3 Å². The highest BCUT2D eigenvalue weighted by Gasteiger charge is 2.33. The average molecular weight is 357 g/mol. The van der Waals surface area contributed by atoms with Crippen molar-refractivity contribution >= 4 is 21.9 Å². The van der Waals surface area contributed by atoms with E-state index in [1.165, 1.54) is 4.68 Å². The fraction of sp³-hybridized carbons (Fsp3) is 0.385. The van der Waals surface area contributed by atoms with Gasteiger partial charge in [-0.25, -0.2) is 9.07 Å². The number of tetrazole rings is 1. The summed E-state index contributed by atoms with van der Waals surface area (Å²) in [5.41, 5.74) is -0.801. The molecule has 8 heteroatoms. The number of carbonyl (C=O) groups is 1. The molecule has 1 aromatic carbocycles. The highest BCUT2D eigenvalue weighted by molar-refractivity contribution is 9.10. The van der Waals surface area contributed by atoms with E-state index in [9.17, 15) is 14.3 Å². The Bertz CT molecular complexity index is 676. The Hall–Kier alpha value is -1.83. The maximum atomic E-state index is 14.1. The summed E-state index contributed by atoms with van der Waals surface area (Å²) < 4.78 is 15.8. The molecule has 0 radical (unpaired) electrons. The maximum absolute atomic E-state index is 14.1. The zero-order valence-electron chi connectivity index (χ0n) is 11.5. The van der Waals surface area contributed by atoms with Crippen LogP contribution < -0.4 is 0 Å². The van der Waals surface area contributed by atoms with Crippen molar-refractivity contribution in [2.45, 2.75) is 26.8 Å². The summed E-state index contributed by atoms with van der Waals surface area (Å²) in [4.78, 5) is 11.4. The Labute approximate surface area is 129 Å². The minimum Gasteiger partial charge on any atom is -0.481 e. The van der Waals surface area contributed by atoms with Gasteiger partial charge in [0, 0.05) is 0 Å². The smallest absolute Gasteiger partial charge is 0.311 e. The normalized spacial score (nSPS) is 13.9. The second-order valence-electron chi connectivity index (χ2n) is 4.98. The van der Waals surface area contributed by atoms with Gasteiger partial charge in [-0.05, 0) is 51.8 Å². The minimum absolute atomic E-state index is 0.0626. The molecule has 1 N–H and O–H groups in total. The van der Waals surface area contributed by atoms with Crippen LogP contribution >= 0.6 is 15.9 Å². The van der Waals surface area contributed by atoms with Crippen molar-refractivity contribution in [3.05, 3.63) is 28.5 Å². The Morgan fingerprint density at radius 2 is 2.24 bits per heavy atom. The molecule has 0 saturated carbocycles. The molecule has 0 saturated heterocycles. The number of nitrogens with zero attached hydrogens (tertiary/aromatic N) is 4. The molecule has 0 amide bonds. The molecule has 1 unspecified atom stereocenters. The van der Waals surface area contributed by atoms with Crippen molar-refractivity contribution in [2.24, 2.45) is 5.41 Å². The van der Waals surface area contributed by atoms with Crippen molar-refractivity contribution in [3.63, 3.8) is 0 Å². The molecule has 0 bridgehead atoms. The Morgan fingerprint density at radius 3 is 2.86 bits per heavy atom. The van der Waals surface area contributed by atoms with E-state index >= 15 is 0 Å². The number of carboxylic acids is 1. The van der Waals surface area contributed by atoms with Crippen LogP contribution in [0.2, 0.25) is 0 Å². The standard InChI is InChI=1S/C13H14BrFN4O2/c1-3-13(2,12(20)21)7-19-11(16-17-18-19)8-5-4-6-9(14)10(8)15/h4-6H,3,7H2,1-2H3,(H,20,21). The zero-order valence-corrected chi connectivity index (χ0v) is 13.1. The number of benzene rings is 1. The predicted molar refractivity (Wildman–Crippen MR) is 76.9 cm³/mol. The van der Waals surface area contributed by atoms with Crippen LogP contribution in [0.4, 0.5) is 4.39 Å². The van der Waals surface area contributed by atoms with Crippen LogP contribution in [0.15, 0.2) is 22.7 Å². The molecular weight excluding hydrogens is 343 g/mol. The molecule has 1 aromatic heterocycles. The number of halogens is 2. The van der Waals surface area contributed by atoms with E-state index in [-0.39, 0.29) is 17.9 Å². The first-order valence-electron chi connectivity index (χ1n) is 6.33. The number of hydrogen-bond donors (Lipinski definition) is 1. The quantitative estimate of drug-likeness (QED) is 0.890. The fourth-order valence-electron chi connectivity index (χ4n) is 1.84. The first-order valence-corrected chi connectivity index (χ1v) is 7.12. The van der Waals surface area contributed by atoms with Crippen molar-refractivity contribution in [3.8, 4) is 11.4 Å². The molecule has 2 rings (SSSR count). The molecule has 1 heterocycles. The van der Waals surface area contributed by atoms with Gasteiger partial charge in [0.2, 0.25) is 0 Å². The molecule has 0 aliphatic rings. The van der Waals surface area contributed by atoms with E-state index in [2.05, 4.69) is 31.5 Å². The number of aliphatic carboxylic acids is 1. The summed E-state index contributed by atoms with van der Waals surface area (Å²) in [7, 11) is 0. The van der Waals surface area contributed by atoms with Gasteiger partial charge >= 0.3 is 5.97 Å². The summed E-state index contributed by atoms with van der Waals surface area (Å²) >= 11 is 3.11. The van der Waals surface area contributed by atoms with Crippen LogP contribution in [0.25, 0.3) is 11.4 Å². The van der Waals surface area contributed by atoms with Crippen LogP contribution in [0.1, 0.15) is 20.3 Å². The molecule has 21 heavy (non-hydrogen) atoms. The van der Waals surface area contributed by atoms with Gasteiger partial charge in [0.05, 0.1) is 22.0 Å². The fourth-order valence-corrected chi connectivity index (χ4v) is 2.21. The van der Waals surface area contributed by atoms with E-state index < -0.39 is 17.2 Å². The highest BCUT2D eigenvalue weighted by Crippen LogP contribution is 2.29. The number of hydrogen-bond acceptors (Lipinski definition) is 4. The maximum Gasteiger partial charge on any atom is 0.311 e. The van der Waals surface area contributed by atoms with Gasteiger partial charge in [-0.3, -0.25) is 4.79 Å². The molecule has 2 aromatic rings. The Morgan fingerprint density at radius 1 is 1.52 bits per heavy atom. The first-order chi connectivity index (χ1) is 9.89. The van der Waals surface area contributed by atoms with Gasteiger partial charge in [0.1, 0.15) is 5.82 Å². The first kappa shape index (κ1) is 15.6. The van der Waals surface area contributed by atoms with Gasteiger partial charge in [0.25, 0.3) is 0 Å². The largest absolute Gasteiger partial charge is 0.481 e. The van der Waals surface area contributed by atoms with Gasteiger partial charge in [-0.15, -0.1) is 5.10 Å². The lowest BCUT2D eigenvalue weighted by Gasteiger charge is -2.22.